The molecule has 21 heavy (non-hydrogen) atoms. The Hall–Kier alpha value is -0.620. The molecule has 0 aliphatic carbocycles. The van der Waals surface area contributed by atoms with Gasteiger partial charge in [0, 0.05) is 32.0 Å². The van der Waals surface area contributed by atoms with Crippen LogP contribution in [-0.2, 0) is 0 Å². The lowest BCUT2D eigenvalue weighted by atomic mass is 10.2. The van der Waals surface area contributed by atoms with E-state index in [1.807, 2.05) is 6.07 Å². The van der Waals surface area contributed by atoms with Gasteiger partial charge in [-0.1, -0.05) is 17.7 Å². The zero-order chi connectivity index (χ0) is 14.8. The van der Waals surface area contributed by atoms with Crippen LogP contribution in [-0.4, -0.2) is 15.3 Å². The predicted octanol–water partition coefficient (Wildman–Crippen LogP) is 5.01. The van der Waals surface area contributed by atoms with Crippen molar-refractivity contribution in [3.8, 4) is 6.07 Å². The van der Waals surface area contributed by atoms with Gasteiger partial charge in [0.05, 0.1) is 10.6 Å². The number of imidazole rings is 1. The van der Waals surface area contributed by atoms with E-state index in [0.29, 0.717) is 5.70 Å². The van der Waals surface area contributed by atoms with Crippen molar-refractivity contribution in [1.82, 2.24) is 9.55 Å². The molecule has 1 aliphatic rings. The Bertz CT molecular complexity index is 737. The molecular weight excluding hydrogens is 437 g/mol. The molecule has 0 N–H and O–H groups in total. The van der Waals surface area contributed by atoms with Gasteiger partial charge in [0.25, 0.3) is 0 Å². The summed E-state index contributed by atoms with van der Waals surface area (Å²) >= 11 is 12.0. The Morgan fingerprint density at radius 1 is 1.52 bits per heavy atom. The highest BCUT2D eigenvalue weighted by Gasteiger charge is 2.27. The summed E-state index contributed by atoms with van der Waals surface area (Å²) in [7, 11) is 0. The van der Waals surface area contributed by atoms with Gasteiger partial charge in [-0.05, 0) is 40.3 Å². The Morgan fingerprint density at radius 3 is 3.05 bits per heavy atom. The smallest absolute Gasteiger partial charge is 0.145 e. The van der Waals surface area contributed by atoms with Crippen molar-refractivity contribution in [2.75, 3.05) is 5.75 Å². The Balaban J connectivity index is 1.90. The molecule has 0 bridgehead atoms. The minimum Gasteiger partial charge on any atom is -0.296 e. The van der Waals surface area contributed by atoms with Crippen LogP contribution in [0.3, 0.4) is 0 Å². The first-order valence-corrected chi connectivity index (χ1v) is 9.38. The molecule has 0 saturated carbocycles. The van der Waals surface area contributed by atoms with Crippen molar-refractivity contribution in [2.45, 2.75) is 5.25 Å². The highest BCUT2D eigenvalue weighted by atomic mass is 127. The van der Waals surface area contributed by atoms with Crippen LogP contribution in [0.15, 0.2) is 41.2 Å². The van der Waals surface area contributed by atoms with Crippen LogP contribution in [0.25, 0.3) is 5.70 Å². The van der Waals surface area contributed by atoms with Gasteiger partial charge in [-0.2, -0.15) is 5.26 Å². The lowest BCUT2D eigenvalue weighted by Gasteiger charge is -2.10. The third kappa shape index (κ3) is 3.26. The second kappa shape index (κ2) is 6.65. The lowest BCUT2D eigenvalue weighted by Crippen LogP contribution is -1.94. The molecule has 1 aliphatic heterocycles. The van der Waals surface area contributed by atoms with Crippen LogP contribution >= 0.6 is 57.7 Å². The number of hydrogen-bond acceptors (Lipinski definition) is 4. The Labute approximate surface area is 149 Å². The van der Waals surface area contributed by atoms with Gasteiger partial charge in [0.1, 0.15) is 11.8 Å². The monoisotopic (exact) mass is 445 g/mol. The van der Waals surface area contributed by atoms with Crippen molar-refractivity contribution in [3.05, 3.63) is 55.3 Å². The van der Waals surface area contributed by atoms with Gasteiger partial charge >= 0.3 is 0 Å². The summed E-state index contributed by atoms with van der Waals surface area (Å²) in [4.78, 5) is 4.00. The zero-order valence-electron chi connectivity index (χ0n) is 10.7. The largest absolute Gasteiger partial charge is 0.296 e. The summed E-state index contributed by atoms with van der Waals surface area (Å²) in [6.45, 7) is 0. The number of allylic oxidation sites excluding steroid dienone is 1. The summed E-state index contributed by atoms with van der Waals surface area (Å²) in [5.41, 5.74) is 1.76. The number of hydrogen-bond donors (Lipinski definition) is 0. The molecule has 7 heteroatoms. The molecule has 3 nitrogen and oxygen atoms in total. The molecule has 1 atom stereocenters. The molecule has 1 unspecified atom stereocenters. The van der Waals surface area contributed by atoms with Crippen LogP contribution in [0, 0.1) is 14.9 Å². The summed E-state index contributed by atoms with van der Waals surface area (Å²) in [6.07, 6.45) is 5.12. The predicted molar refractivity (Wildman–Crippen MR) is 98.0 cm³/mol. The standard InChI is InChI=1S/C14H9ClIN3S2/c15-11-5-9(16)1-2-10(11)13-7-20-14(21-13)12(6-17)19-4-3-18-8-19/h1-5,8,13H,7H2/b14-12+. The van der Waals surface area contributed by atoms with Crippen molar-refractivity contribution in [1.29, 1.82) is 5.26 Å². The molecule has 2 aromatic rings. The number of nitrogens with zero attached hydrogens (tertiary/aromatic N) is 3. The summed E-state index contributed by atoms with van der Waals surface area (Å²) in [6, 6.07) is 8.39. The first-order valence-electron chi connectivity index (χ1n) is 6.06. The Kier molecular flexibility index (Phi) is 4.84. The average Bonchev–Trinajstić information content (AvgIpc) is 3.12. The molecule has 1 fully saturated rings. The molecule has 0 radical (unpaired) electrons. The molecule has 1 aromatic heterocycles. The van der Waals surface area contributed by atoms with Crippen LogP contribution < -0.4 is 0 Å². The summed E-state index contributed by atoms with van der Waals surface area (Å²) in [5, 5.41) is 10.5. The highest BCUT2D eigenvalue weighted by Crippen LogP contribution is 2.53. The minimum atomic E-state index is 0.279. The molecule has 3 rings (SSSR count). The molecule has 0 amide bonds. The molecule has 0 spiro atoms. The molecule has 1 saturated heterocycles. The maximum absolute atomic E-state index is 9.40. The number of thioether (sulfide) groups is 2. The van der Waals surface area contributed by atoms with E-state index in [9.17, 15) is 5.26 Å². The van der Waals surface area contributed by atoms with Crippen LogP contribution in [0.4, 0.5) is 0 Å². The number of rotatable bonds is 2. The number of nitriles is 1. The van der Waals surface area contributed by atoms with E-state index in [1.165, 1.54) is 0 Å². The molecular formula is C14H9ClIN3S2. The molecule has 106 valence electrons. The fourth-order valence-corrected chi connectivity index (χ4v) is 5.97. The fraction of sp³-hybridized carbons (Fsp3) is 0.143. The fourth-order valence-electron chi connectivity index (χ4n) is 1.99. The van der Waals surface area contributed by atoms with E-state index < -0.39 is 0 Å². The van der Waals surface area contributed by atoms with Crippen LogP contribution in [0.1, 0.15) is 10.8 Å². The average molecular weight is 446 g/mol. The highest BCUT2D eigenvalue weighted by molar-refractivity contribution is 14.1. The quantitative estimate of drug-likeness (QED) is 0.481. The van der Waals surface area contributed by atoms with E-state index in [0.717, 1.165) is 24.1 Å². The first-order chi connectivity index (χ1) is 10.2. The third-order valence-electron chi connectivity index (χ3n) is 2.99. The van der Waals surface area contributed by atoms with E-state index in [-0.39, 0.29) is 5.25 Å². The number of benzene rings is 1. The topological polar surface area (TPSA) is 41.6 Å². The van der Waals surface area contributed by atoms with Crippen molar-refractivity contribution in [2.24, 2.45) is 0 Å². The Morgan fingerprint density at radius 2 is 2.38 bits per heavy atom. The van der Waals surface area contributed by atoms with Crippen molar-refractivity contribution < 1.29 is 0 Å². The van der Waals surface area contributed by atoms with E-state index >= 15 is 0 Å². The summed E-state index contributed by atoms with van der Waals surface area (Å²) < 4.78 is 3.91. The van der Waals surface area contributed by atoms with Crippen molar-refractivity contribution >= 4 is 63.4 Å². The maximum atomic E-state index is 9.40. The van der Waals surface area contributed by atoms with Gasteiger partial charge < -0.3 is 0 Å². The van der Waals surface area contributed by atoms with Gasteiger partial charge in [0.15, 0.2) is 0 Å². The molecule has 1 aromatic carbocycles. The first kappa shape index (κ1) is 15.3. The number of halogens is 2. The summed E-state index contributed by atoms with van der Waals surface area (Å²) in [5.74, 6) is 0.917. The maximum Gasteiger partial charge on any atom is 0.145 e. The van der Waals surface area contributed by atoms with Gasteiger partial charge in [-0.3, -0.25) is 4.57 Å². The number of aromatic nitrogens is 2. The second-order valence-electron chi connectivity index (χ2n) is 4.30. The normalized spacial score (nSPS) is 20.3. The lowest BCUT2D eigenvalue weighted by molar-refractivity contribution is 1.10. The SMILES string of the molecule is N#C/C(=C1/SCC(c2ccc(I)cc2Cl)S1)n1ccnc1. The van der Waals surface area contributed by atoms with Gasteiger partial charge in [-0.15, -0.1) is 23.5 Å². The van der Waals surface area contributed by atoms with E-state index in [1.54, 1.807) is 46.8 Å². The second-order valence-corrected chi connectivity index (χ2v) is 8.46. The van der Waals surface area contributed by atoms with E-state index in [2.05, 4.69) is 45.8 Å². The zero-order valence-corrected chi connectivity index (χ0v) is 15.2. The van der Waals surface area contributed by atoms with Gasteiger partial charge in [-0.25, -0.2) is 4.98 Å². The third-order valence-corrected chi connectivity index (χ3v) is 6.91. The van der Waals surface area contributed by atoms with Gasteiger partial charge in [0.2, 0.25) is 0 Å². The van der Waals surface area contributed by atoms with Crippen LogP contribution in [0.5, 0.6) is 0 Å². The van der Waals surface area contributed by atoms with E-state index in [4.69, 9.17) is 11.6 Å². The molecule has 2 heterocycles. The van der Waals surface area contributed by atoms with Crippen LogP contribution in [0.2, 0.25) is 5.02 Å². The minimum absolute atomic E-state index is 0.279. The van der Waals surface area contributed by atoms with Crippen molar-refractivity contribution in [3.63, 3.8) is 0 Å².